The second-order valence-electron chi connectivity index (χ2n) is 3.88. The Morgan fingerprint density at radius 1 is 1.60 bits per heavy atom. The molecule has 0 aliphatic carbocycles. The summed E-state index contributed by atoms with van der Waals surface area (Å²) in [5, 5.41) is 4.90. The number of nitrogens with two attached hydrogens (primary N) is 1. The van der Waals surface area contributed by atoms with Crippen molar-refractivity contribution >= 4 is 29.7 Å². The average Bonchev–Trinajstić information content (AvgIpc) is 2.54. The topological polar surface area (TPSA) is 55.1 Å². The third-order valence-corrected chi connectivity index (χ3v) is 3.18. The molecule has 0 saturated carbocycles. The van der Waals surface area contributed by atoms with Crippen molar-refractivity contribution in [2.45, 2.75) is 32.4 Å². The maximum absolute atomic E-state index is 11.4. The monoisotopic (exact) mass is 248 g/mol. The van der Waals surface area contributed by atoms with Gasteiger partial charge in [-0.15, -0.1) is 23.7 Å². The first-order valence-electron chi connectivity index (χ1n) is 4.55. The fourth-order valence-electron chi connectivity index (χ4n) is 1.12. The Bertz CT molecular complexity index is 309. The first-order chi connectivity index (χ1) is 6.43. The van der Waals surface area contributed by atoms with Crippen molar-refractivity contribution in [2.75, 3.05) is 0 Å². The maximum Gasteiger partial charge on any atom is 0.237 e. The van der Waals surface area contributed by atoms with E-state index in [-0.39, 0.29) is 23.9 Å². The number of nitrogens with one attached hydrogen (secondary N) is 1. The zero-order valence-electron chi connectivity index (χ0n) is 9.11. The van der Waals surface area contributed by atoms with Crippen LogP contribution in [0.4, 0.5) is 0 Å². The van der Waals surface area contributed by atoms with Gasteiger partial charge < -0.3 is 11.1 Å². The van der Waals surface area contributed by atoms with Gasteiger partial charge in [-0.05, 0) is 32.2 Å². The van der Waals surface area contributed by atoms with Crippen LogP contribution in [0.25, 0.3) is 0 Å². The minimum Gasteiger partial charge on any atom is -0.345 e. The number of amides is 1. The highest BCUT2D eigenvalue weighted by atomic mass is 35.5. The van der Waals surface area contributed by atoms with Crippen LogP contribution in [0.2, 0.25) is 0 Å². The predicted octanol–water partition coefficient (Wildman–Crippen LogP) is 1.87. The minimum absolute atomic E-state index is 0. The number of hydrogen-bond donors (Lipinski definition) is 2. The molecule has 15 heavy (non-hydrogen) atoms. The Balaban J connectivity index is 0.00000196. The minimum atomic E-state index is -0.464. The first kappa shape index (κ1) is 14.4. The third-order valence-electron chi connectivity index (χ3n) is 1.99. The molecule has 1 unspecified atom stereocenters. The lowest BCUT2D eigenvalue weighted by molar-refractivity contribution is -0.123. The molecule has 3 N–H and O–H groups in total. The van der Waals surface area contributed by atoms with Crippen molar-refractivity contribution in [1.29, 1.82) is 0 Å². The van der Waals surface area contributed by atoms with Gasteiger partial charge in [0.2, 0.25) is 5.91 Å². The molecule has 0 spiro atoms. The molecule has 0 fully saturated rings. The summed E-state index contributed by atoms with van der Waals surface area (Å²) in [5.41, 5.74) is 5.15. The zero-order valence-corrected chi connectivity index (χ0v) is 10.7. The molecule has 1 aromatic heterocycles. The molecule has 1 aromatic rings. The summed E-state index contributed by atoms with van der Waals surface area (Å²) >= 11 is 1.63. The zero-order chi connectivity index (χ0) is 10.8. The highest BCUT2D eigenvalue weighted by Gasteiger charge is 2.24. The summed E-state index contributed by atoms with van der Waals surface area (Å²) in [4.78, 5) is 12.6. The number of carbonyl (C=O) groups is 1. The van der Waals surface area contributed by atoms with Crippen LogP contribution in [0.3, 0.4) is 0 Å². The molecular weight excluding hydrogens is 232 g/mol. The van der Waals surface area contributed by atoms with Crippen molar-refractivity contribution in [1.82, 2.24) is 5.32 Å². The van der Waals surface area contributed by atoms with Gasteiger partial charge in [-0.2, -0.15) is 0 Å². The lowest BCUT2D eigenvalue weighted by atomic mass is 10.0. The molecule has 0 radical (unpaired) electrons. The second-order valence-corrected chi connectivity index (χ2v) is 4.83. The molecule has 3 nitrogen and oxygen atoms in total. The summed E-state index contributed by atoms with van der Waals surface area (Å²) in [6, 6.07) is 3.51. The Labute approximate surface area is 100 Å². The van der Waals surface area contributed by atoms with Gasteiger partial charge in [-0.25, -0.2) is 0 Å². The molecule has 0 saturated heterocycles. The molecular formula is C10H17ClN2OS. The second kappa shape index (κ2) is 5.49. The van der Waals surface area contributed by atoms with E-state index in [0.717, 1.165) is 4.88 Å². The van der Waals surface area contributed by atoms with E-state index in [0.29, 0.717) is 0 Å². The molecule has 0 aliphatic rings. The normalized spacial score (nSPS) is 12.8. The molecule has 1 heterocycles. The van der Waals surface area contributed by atoms with Crippen LogP contribution in [-0.2, 0) is 10.3 Å². The first-order valence-corrected chi connectivity index (χ1v) is 5.43. The largest absolute Gasteiger partial charge is 0.345 e. The van der Waals surface area contributed by atoms with Gasteiger partial charge in [0.1, 0.15) is 0 Å². The highest BCUT2D eigenvalue weighted by molar-refractivity contribution is 7.10. The Morgan fingerprint density at radius 3 is 2.60 bits per heavy atom. The van der Waals surface area contributed by atoms with Crippen molar-refractivity contribution in [3.63, 3.8) is 0 Å². The Kier molecular flexibility index (Phi) is 5.28. The Morgan fingerprint density at radius 2 is 2.20 bits per heavy atom. The predicted molar refractivity (Wildman–Crippen MR) is 66.4 cm³/mol. The van der Waals surface area contributed by atoms with Crippen molar-refractivity contribution in [2.24, 2.45) is 5.73 Å². The van der Waals surface area contributed by atoms with Crippen LogP contribution in [0.5, 0.6) is 0 Å². The van der Waals surface area contributed by atoms with Gasteiger partial charge in [-0.1, -0.05) is 6.07 Å². The van der Waals surface area contributed by atoms with Crippen LogP contribution in [0.15, 0.2) is 17.5 Å². The van der Waals surface area contributed by atoms with E-state index in [4.69, 9.17) is 5.73 Å². The van der Waals surface area contributed by atoms with E-state index in [9.17, 15) is 4.79 Å². The van der Waals surface area contributed by atoms with Crippen LogP contribution in [0.1, 0.15) is 25.6 Å². The summed E-state index contributed by atoms with van der Waals surface area (Å²) in [7, 11) is 0. The van der Waals surface area contributed by atoms with Gasteiger partial charge in [-0.3, -0.25) is 4.79 Å². The summed E-state index contributed by atoms with van der Waals surface area (Å²) in [5.74, 6) is -0.122. The number of rotatable bonds is 3. The molecule has 0 bridgehead atoms. The van der Waals surface area contributed by atoms with Crippen molar-refractivity contribution in [3.05, 3.63) is 22.4 Å². The van der Waals surface area contributed by atoms with Gasteiger partial charge in [0, 0.05) is 4.88 Å². The lowest BCUT2D eigenvalue weighted by Gasteiger charge is -2.26. The quantitative estimate of drug-likeness (QED) is 0.858. The molecule has 1 amide bonds. The highest BCUT2D eigenvalue weighted by Crippen LogP contribution is 2.24. The molecule has 1 rings (SSSR count). The standard InChI is InChI=1S/C10H16N2OS.ClH/c1-7(11)9(13)12-10(2,3)8-5-4-6-14-8;/h4-7H,11H2,1-3H3,(H,12,13);1H. The van der Waals surface area contributed by atoms with E-state index in [1.165, 1.54) is 0 Å². The fourth-order valence-corrected chi connectivity index (χ4v) is 1.92. The summed E-state index contributed by atoms with van der Waals surface area (Å²) in [6.07, 6.45) is 0. The maximum atomic E-state index is 11.4. The van der Waals surface area contributed by atoms with E-state index in [1.807, 2.05) is 31.4 Å². The molecule has 0 aliphatic heterocycles. The molecule has 86 valence electrons. The smallest absolute Gasteiger partial charge is 0.237 e. The van der Waals surface area contributed by atoms with Gasteiger partial charge in [0.25, 0.3) is 0 Å². The van der Waals surface area contributed by atoms with Gasteiger partial charge >= 0.3 is 0 Å². The van der Waals surface area contributed by atoms with Gasteiger partial charge in [0.15, 0.2) is 0 Å². The van der Waals surface area contributed by atoms with Crippen molar-refractivity contribution < 1.29 is 4.79 Å². The van der Waals surface area contributed by atoms with E-state index in [2.05, 4.69) is 5.32 Å². The molecule has 0 aromatic carbocycles. The molecule has 1 atom stereocenters. The van der Waals surface area contributed by atoms with Crippen LogP contribution in [0, 0.1) is 0 Å². The third kappa shape index (κ3) is 3.81. The Hall–Kier alpha value is -0.580. The average molecular weight is 249 g/mol. The number of carbonyl (C=O) groups excluding carboxylic acids is 1. The number of hydrogen-bond acceptors (Lipinski definition) is 3. The molecule has 5 heteroatoms. The summed E-state index contributed by atoms with van der Waals surface area (Å²) < 4.78 is 0. The SMILES string of the molecule is CC(N)C(=O)NC(C)(C)c1cccs1.Cl. The van der Waals surface area contributed by atoms with Crippen LogP contribution in [-0.4, -0.2) is 11.9 Å². The van der Waals surface area contributed by atoms with E-state index in [1.54, 1.807) is 18.3 Å². The lowest BCUT2D eigenvalue weighted by Crippen LogP contribution is -2.47. The number of halogens is 1. The van der Waals surface area contributed by atoms with E-state index < -0.39 is 6.04 Å². The van der Waals surface area contributed by atoms with Crippen LogP contribution < -0.4 is 11.1 Å². The number of thiophene rings is 1. The van der Waals surface area contributed by atoms with Gasteiger partial charge in [0.05, 0.1) is 11.6 Å². The van der Waals surface area contributed by atoms with E-state index >= 15 is 0 Å². The van der Waals surface area contributed by atoms with Crippen LogP contribution >= 0.6 is 23.7 Å². The summed E-state index contributed by atoms with van der Waals surface area (Å²) in [6.45, 7) is 5.62. The van der Waals surface area contributed by atoms with Crippen molar-refractivity contribution in [3.8, 4) is 0 Å². The fraction of sp³-hybridized carbons (Fsp3) is 0.500.